The zero-order valence-corrected chi connectivity index (χ0v) is 10.6. The van der Waals surface area contributed by atoms with Gasteiger partial charge in [0.05, 0.1) is 6.54 Å². The Morgan fingerprint density at radius 2 is 2.24 bits per heavy atom. The number of rotatable bonds is 4. The van der Waals surface area contributed by atoms with Gasteiger partial charge in [-0.05, 0) is 17.7 Å². The second-order valence-corrected chi connectivity index (χ2v) is 4.59. The molecule has 6 heteroatoms. The van der Waals surface area contributed by atoms with E-state index in [9.17, 15) is 4.91 Å². The number of nitroso groups, excluding NO2 is 1. The van der Waals surface area contributed by atoms with E-state index in [1.54, 1.807) is 12.1 Å². The Bertz CT molecular complexity index is 462. The van der Waals surface area contributed by atoms with Crippen molar-refractivity contribution in [2.24, 2.45) is 10.2 Å². The van der Waals surface area contributed by atoms with Crippen LogP contribution in [0, 0.1) is 4.91 Å². The first-order valence-electron chi connectivity index (χ1n) is 5.22. The van der Waals surface area contributed by atoms with E-state index >= 15 is 0 Å². The van der Waals surface area contributed by atoms with Crippen LogP contribution in [0.5, 0.6) is 0 Å². The molecule has 0 aliphatic carbocycles. The summed E-state index contributed by atoms with van der Waals surface area (Å²) in [7, 11) is 0. The first-order valence-corrected chi connectivity index (χ1v) is 5.97. The van der Waals surface area contributed by atoms with Crippen LogP contribution in [-0.2, 0) is 6.54 Å². The Morgan fingerprint density at radius 3 is 2.94 bits per heavy atom. The maximum atomic E-state index is 10.3. The van der Waals surface area contributed by atoms with Gasteiger partial charge in [-0.25, -0.2) is 0 Å². The first-order chi connectivity index (χ1) is 8.20. The lowest BCUT2D eigenvalue weighted by Crippen LogP contribution is -2.29. The van der Waals surface area contributed by atoms with E-state index in [-0.39, 0.29) is 6.54 Å². The normalized spacial score (nSPS) is 14.9. The molecular formula is C11H11Cl2N3O. The standard InChI is InChI=1S/C11H11Cl2N3O/c12-9-2-1-8(10(13)5-9)7-16-4-3-14-11(16)6-15-17/h1-2,5H,3-4,6-7H2. The summed E-state index contributed by atoms with van der Waals surface area (Å²) in [6.07, 6.45) is 0. The molecule has 4 nitrogen and oxygen atoms in total. The van der Waals surface area contributed by atoms with Crippen LogP contribution in [0.2, 0.25) is 10.0 Å². The van der Waals surface area contributed by atoms with Gasteiger partial charge in [-0.2, -0.15) is 4.91 Å². The third-order valence-electron chi connectivity index (χ3n) is 2.61. The van der Waals surface area contributed by atoms with E-state index in [1.807, 2.05) is 11.0 Å². The molecule has 1 aliphatic heterocycles. The van der Waals surface area contributed by atoms with Crippen molar-refractivity contribution in [3.8, 4) is 0 Å². The molecule has 1 aliphatic rings. The summed E-state index contributed by atoms with van der Waals surface area (Å²) < 4.78 is 0. The molecule has 0 saturated carbocycles. The number of hydrogen-bond acceptors (Lipinski definition) is 4. The lowest BCUT2D eigenvalue weighted by molar-refractivity contribution is 0.447. The van der Waals surface area contributed by atoms with Crippen LogP contribution >= 0.6 is 23.2 Å². The average molecular weight is 272 g/mol. The fourth-order valence-corrected chi connectivity index (χ4v) is 2.23. The van der Waals surface area contributed by atoms with E-state index in [2.05, 4.69) is 10.2 Å². The second-order valence-electron chi connectivity index (χ2n) is 3.74. The van der Waals surface area contributed by atoms with Crippen LogP contribution in [0.25, 0.3) is 0 Å². The molecule has 0 atom stereocenters. The van der Waals surface area contributed by atoms with Gasteiger partial charge in [0.25, 0.3) is 0 Å². The molecule has 1 heterocycles. The smallest absolute Gasteiger partial charge is 0.138 e. The molecule has 0 saturated heterocycles. The van der Waals surface area contributed by atoms with E-state index in [0.717, 1.165) is 17.9 Å². The topological polar surface area (TPSA) is 45.0 Å². The van der Waals surface area contributed by atoms with Crippen molar-refractivity contribution in [3.63, 3.8) is 0 Å². The van der Waals surface area contributed by atoms with Gasteiger partial charge in [0.15, 0.2) is 0 Å². The summed E-state index contributed by atoms with van der Waals surface area (Å²) in [5.41, 5.74) is 0.969. The van der Waals surface area contributed by atoms with E-state index < -0.39 is 0 Å². The molecule has 2 rings (SSSR count). The minimum absolute atomic E-state index is 0.116. The van der Waals surface area contributed by atoms with Gasteiger partial charge in [0, 0.05) is 23.1 Å². The molecule has 0 radical (unpaired) electrons. The summed E-state index contributed by atoms with van der Waals surface area (Å²) in [5, 5.41) is 4.11. The zero-order chi connectivity index (χ0) is 12.3. The molecule has 1 aromatic rings. The molecule has 0 spiro atoms. The quantitative estimate of drug-likeness (QED) is 0.791. The van der Waals surface area contributed by atoms with Crippen molar-refractivity contribution < 1.29 is 0 Å². The van der Waals surface area contributed by atoms with Crippen LogP contribution in [0.4, 0.5) is 0 Å². The molecule has 17 heavy (non-hydrogen) atoms. The first kappa shape index (κ1) is 12.3. The number of aliphatic imine (C=N–C) groups is 1. The minimum Gasteiger partial charge on any atom is -0.352 e. The van der Waals surface area contributed by atoms with Crippen LogP contribution in [0.3, 0.4) is 0 Å². The monoisotopic (exact) mass is 271 g/mol. The van der Waals surface area contributed by atoms with Crippen molar-refractivity contribution in [1.82, 2.24) is 4.90 Å². The molecule has 90 valence electrons. The number of nitrogens with zero attached hydrogens (tertiary/aromatic N) is 3. The van der Waals surface area contributed by atoms with E-state index in [4.69, 9.17) is 23.2 Å². The molecule has 0 fully saturated rings. The van der Waals surface area contributed by atoms with Crippen LogP contribution in [0.1, 0.15) is 5.56 Å². The predicted molar refractivity (Wildman–Crippen MR) is 69.8 cm³/mol. The minimum atomic E-state index is 0.116. The Kier molecular flexibility index (Phi) is 3.97. The molecule has 0 unspecified atom stereocenters. The molecule has 1 aromatic carbocycles. The van der Waals surface area contributed by atoms with Gasteiger partial charge in [0.2, 0.25) is 0 Å². The van der Waals surface area contributed by atoms with Crippen molar-refractivity contribution in [1.29, 1.82) is 0 Å². The zero-order valence-electron chi connectivity index (χ0n) is 9.07. The third kappa shape index (κ3) is 2.96. The largest absolute Gasteiger partial charge is 0.352 e. The molecule has 0 amide bonds. The van der Waals surface area contributed by atoms with Crippen molar-refractivity contribution >= 4 is 29.0 Å². The highest BCUT2D eigenvalue weighted by Crippen LogP contribution is 2.23. The van der Waals surface area contributed by atoms with Gasteiger partial charge < -0.3 is 4.90 Å². The fraction of sp³-hybridized carbons (Fsp3) is 0.364. The molecule has 0 N–H and O–H groups in total. The van der Waals surface area contributed by atoms with Gasteiger partial charge in [-0.3, -0.25) is 4.99 Å². The third-order valence-corrected chi connectivity index (χ3v) is 3.20. The molecular weight excluding hydrogens is 261 g/mol. The number of halogens is 2. The van der Waals surface area contributed by atoms with Gasteiger partial charge >= 0.3 is 0 Å². The highest BCUT2D eigenvalue weighted by molar-refractivity contribution is 6.35. The van der Waals surface area contributed by atoms with Crippen molar-refractivity contribution in [2.45, 2.75) is 6.54 Å². The highest BCUT2D eigenvalue weighted by Gasteiger charge is 2.18. The summed E-state index contributed by atoms with van der Waals surface area (Å²) in [6.45, 7) is 2.25. The maximum Gasteiger partial charge on any atom is 0.138 e. The lowest BCUT2D eigenvalue weighted by Gasteiger charge is -2.19. The Hall–Kier alpha value is -1.13. The van der Waals surface area contributed by atoms with Crippen molar-refractivity contribution in [2.75, 3.05) is 19.6 Å². The Balaban J connectivity index is 2.10. The van der Waals surface area contributed by atoms with Crippen LogP contribution < -0.4 is 0 Å². The summed E-state index contributed by atoms with van der Waals surface area (Å²) in [4.78, 5) is 16.5. The van der Waals surface area contributed by atoms with Gasteiger partial charge in [-0.15, -0.1) is 0 Å². The fourth-order valence-electron chi connectivity index (χ4n) is 1.76. The summed E-state index contributed by atoms with van der Waals surface area (Å²) in [5.74, 6) is 0.728. The summed E-state index contributed by atoms with van der Waals surface area (Å²) >= 11 is 11.9. The average Bonchev–Trinajstić information content (AvgIpc) is 2.71. The number of hydrogen-bond donors (Lipinski definition) is 0. The maximum absolute atomic E-state index is 10.3. The van der Waals surface area contributed by atoms with Gasteiger partial charge in [-0.1, -0.05) is 34.4 Å². The van der Waals surface area contributed by atoms with Gasteiger partial charge in [0.1, 0.15) is 12.4 Å². The van der Waals surface area contributed by atoms with Crippen LogP contribution in [-0.4, -0.2) is 30.4 Å². The second kappa shape index (κ2) is 5.47. The molecule has 0 aromatic heterocycles. The van der Waals surface area contributed by atoms with E-state index in [1.165, 1.54) is 0 Å². The lowest BCUT2D eigenvalue weighted by atomic mass is 10.2. The number of benzene rings is 1. The predicted octanol–water partition coefficient (Wildman–Crippen LogP) is 2.97. The summed E-state index contributed by atoms with van der Waals surface area (Å²) in [6, 6.07) is 5.39. The van der Waals surface area contributed by atoms with E-state index in [0.29, 0.717) is 23.1 Å². The Morgan fingerprint density at radius 1 is 1.41 bits per heavy atom. The van der Waals surface area contributed by atoms with Crippen LogP contribution in [0.15, 0.2) is 28.4 Å². The van der Waals surface area contributed by atoms with Crippen molar-refractivity contribution in [3.05, 3.63) is 38.7 Å². The molecule has 0 bridgehead atoms. The number of amidine groups is 1. The highest BCUT2D eigenvalue weighted by atomic mass is 35.5. The Labute approximate surface area is 109 Å². The SMILES string of the molecule is O=NCC1=NCCN1Cc1ccc(Cl)cc1Cl.